The SMILES string of the molecule is CC(C)C1(C(C)O)CCC(C2CCC3C4=CCC5CC(OC6OC(CO)C(O)C(O)C6OC6OC(CO)C(O)C(O)C6O)CCC5(C)C4=CCC32C)C(=O)O1. The molecule has 2 saturated carbocycles. The summed E-state index contributed by atoms with van der Waals surface area (Å²) in [7, 11) is 0. The number of esters is 1. The molecule has 19 unspecified atom stereocenters. The Bertz CT molecular complexity index is 1460. The smallest absolute Gasteiger partial charge is 0.309 e. The summed E-state index contributed by atoms with van der Waals surface area (Å²) in [5.74, 6) is 0.437. The molecule has 0 spiro atoms. The molecule has 0 aromatic rings. The lowest BCUT2D eigenvalue weighted by molar-refractivity contribution is -0.372. The van der Waals surface area contributed by atoms with E-state index in [1.54, 1.807) is 6.92 Å². The van der Waals surface area contributed by atoms with Gasteiger partial charge >= 0.3 is 5.97 Å². The first-order chi connectivity index (χ1) is 26.0. The molecule has 312 valence electrons. The molecule has 8 N–H and O–H groups in total. The Labute approximate surface area is 323 Å². The van der Waals surface area contributed by atoms with E-state index in [4.69, 9.17) is 23.7 Å². The number of aliphatic hydroxyl groups is 8. The maximum atomic E-state index is 13.7. The number of cyclic esters (lactones) is 1. The minimum Gasteiger partial charge on any atom is -0.456 e. The van der Waals surface area contributed by atoms with Gasteiger partial charge in [-0.3, -0.25) is 4.79 Å². The highest BCUT2D eigenvalue weighted by atomic mass is 16.8. The van der Waals surface area contributed by atoms with E-state index >= 15 is 0 Å². The van der Waals surface area contributed by atoms with Crippen LogP contribution in [-0.2, 0) is 28.5 Å². The molecular formula is C41H64O14. The number of hydrogen-bond donors (Lipinski definition) is 8. The fraction of sp³-hybridized carbons (Fsp3) is 0.878. The molecule has 5 fully saturated rings. The Morgan fingerprint density at radius 3 is 2.13 bits per heavy atom. The van der Waals surface area contributed by atoms with Gasteiger partial charge in [-0.15, -0.1) is 0 Å². The van der Waals surface area contributed by atoms with Gasteiger partial charge in [-0.05, 0) is 110 Å². The van der Waals surface area contributed by atoms with Crippen LogP contribution in [0.3, 0.4) is 0 Å². The first-order valence-electron chi connectivity index (χ1n) is 20.6. The predicted octanol–water partition coefficient (Wildman–Crippen LogP) is 1.22. The quantitative estimate of drug-likeness (QED) is 0.154. The lowest BCUT2D eigenvalue weighted by Gasteiger charge is -2.54. The zero-order chi connectivity index (χ0) is 39.8. The van der Waals surface area contributed by atoms with E-state index in [9.17, 15) is 45.6 Å². The summed E-state index contributed by atoms with van der Waals surface area (Å²) in [6.07, 6.45) is -3.96. The van der Waals surface area contributed by atoms with Gasteiger partial charge in [0, 0.05) is 0 Å². The highest BCUT2D eigenvalue weighted by Crippen LogP contribution is 2.65. The summed E-state index contributed by atoms with van der Waals surface area (Å²) in [5.41, 5.74) is 1.78. The number of carbonyl (C=O) groups is 1. The van der Waals surface area contributed by atoms with Crippen molar-refractivity contribution in [2.24, 2.45) is 40.4 Å². The number of rotatable bonds is 9. The van der Waals surface area contributed by atoms with E-state index in [1.165, 1.54) is 11.1 Å². The molecule has 4 aliphatic carbocycles. The molecule has 0 radical (unpaired) electrons. The number of aliphatic hydroxyl groups excluding tert-OH is 8. The average molecular weight is 781 g/mol. The first-order valence-corrected chi connectivity index (χ1v) is 20.6. The van der Waals surface area contributed by atoms with Gasteiger partial charge in [-0.2, -0.15) is 0 Å². The second kappa shape index (κ2) is 15.6. The Morgan fingerprint density at radius 1 is 0.818 bits per heavy atom. The van der Waals surface area contributed by atoms with Crippen LogP contribution in [0.1, 0.15) is 92.4 Å². The van der Waals surface area contributed by atoms with Gasteiger partial charge in [0.1, 0.15) is 54.4 Å². The largest absolute Gasteiger partial charge is 0.456 e. The van der Waals surface area contributed by atoms with Crippen molar-refractivity contribution in [2.75, 3.05) is 13.2 Å². The third-order valence-corrected chi connectivity index (χ3v) is 15.4. The van der Waals surface area contributed by atoms with Crippen LogP contribution in [0.2, 0.25) is 0 Å². The van der Waals surface area contributed by atoms with Crippen molar-refractivity contribution in [3.8, 4) is 0 Å². The summed E-state index contributed by atoms with van der Waals surface area (Å²) in [6, 6.07) is 0. The highest BCUT2D eigenvalue weighted by Gasteiger charge is 2.60. The Balaban J connectivity index is 1.04. The molecule has 0 aromatic heterocycles. The number of ether oxygens (including phenoxy) is 5. The molecule has 0 aromatic carbocycles. The zero-order valence-corrected chi connectivity index (χ0v) is 32.8. The van der Waals surface area contributed by atoms with Crippen molar-refractivity contribution in [1.82, 2.24) is 0 Å². The van der Waals surface area contributed by atoms with E-state index in [1.807, 2.05) is 13.8 Å². The number of fused-ring (bicyclic) bond motifs is 5. The normalized spacial score (nSPS) is 50.7. The van der Waals surface area contributed by atoms with Gasteiger partial charge in [0.05, 0.1) is 31.3 Å². The molecule has 3 saturated heterocycles. The number of hydrogen-bond acceptors (Lipinski definition) is 14. The molecule has 0 bridgehead atoms. The van der Waals surface area contributed by atoms with Gasteiger partial charge < -0.3 is 64.5 Å². The molecule has 3 heterocycles. The third kappa shape index (κ3) is 6.87. The summed E-state index contributed by atoms with van der Waals surface area (Å²) in [5, 5.41) is 83.3. The van der Waals surface area contributed by atoms with Crippen LogP contribution in [0, 0.1) is 40.4 Å². The van der Waals surface area contributed by atoms with E-state index in [0.717, 1.165) is 38.5 Å². The van der Waals surface area contributed by atoms with Gasteiger partial charge in [-0.1, -0.05) is 39.8 Å². The second-order valence-corrected chi connectivity index (χ2v) is 18.5. The second-order valence-electron chi connectivity index (χ2n) is 18.5. The summed E-state index contributed by atoms with van der Waals surface area (Å²) in [4.78, 5) is 13.7. The van der Waals surface area contributed by atoms with Crippen molar-refractivity contribution in [3.05, 3.63) is 23.3 Å². The lowest BCUT2D eigenvalue weighted by Crippen LogP contribution is -2.65. The molecule has 3 aliphatic heterocycles. The van der Waals surface area contributed by atoms with Crippen molar-refractivity contribution in [2.45, 2.75) is 172 Å². The van der Waals surface area contributed by atoms with Gasteiger partial charge in [0.25, 0.3) is 0 Å². The lowest BCUT2D eigenvalue weighted by atomic mass is 9.51. The first kappa shape index (κ1) is 41.6. The minimum absolute atomic E-state index is 0.0180. The average Bonchev–Trinajstić information content (AvgIpc) is 3.51. The van der Waals surface area contributed by atoms with Crippen LogP contribution >= 0.6 is 0 Å². The van der Waals surface area contributed by atoms with Crippen molar-refractivity contribution in [3.63, 3.8) is 0 Å². The molecule has 55 heavy (non-hydrogen) atoms. The van der Waals surface area contributed by atoms with Crippen LogP contribution in [0.5, 0.6) is 0 Å². The maximum absolute atomic E-state index is 13.7. The Morgan fingerprint density at radius 2 is 1.49 bits per heavy atom. The van der Waals surface area contributed by atoms with E-state index in [-0.39, 0.29) is 46.6 Å². The van der Waals surface area contributed by atoms with Gasteiger partial charge in [-0.25, -0.2) is 0 Å². The van der Waals surface area contributed by atoms with E-state index in [2.05, 4.69) is 26.0 Å². The summed E-state index contributed by atoms with van der Waals surface area (Å²) >= 11 is 0. The molecule has 7 aliphatic rings. The van der Waals surface area contributed by atoms with Crippen LogP contribution in [0.25, 0.3) is 0 Å². The van der Waals surface area contributed by atoms with Crippen molar-refractivity contribution >= 4 is 5.97 Å². The van der Waals surface area contributed by atoms with Crippen LogP contribution in [0.15, 0.2) is 23.3 Å². The van der Waals surface area contributed by atoms with E-state index < -0.39 is 86.3 Å². The van der Waals surface area contributed by atoms with Gasteiger partial charge in [0.2, 0.25) is 0 Å². The molecule has 14 heteroatoms. The predicted molar refractivity (Wildman–Crippen MR) is 195 cm³/mol. The number of allylic oxidation sites excluding steroid dienone is 4. The fourth-order valence-electron chi connectivity index (χ4n) is 11.8. The molecule has 14 nitrogen and oxygen atoms in total. The van der Waals surface area contributed by atoms with Crippen LogP contribution in [-0.4, -0.2) is 139 Å². The highest BCUT2D eigenvalue weighted by molar-refractivity contribution is 5.74. The maximum Gasteiger partial charge on any atom is 0.309 e. The Kier molecular flexibility index (Phi) is 11.8. The molecule has 0 amide bonds. The summed E-state index contributed by atoms with van der Waals surface area (Å²) in [6.45, 7) is 9.17. The van der Waals surface area contributed by atoms with E-state index in [0.29, 0.717) is 25.2 Å². The third-order valence-electron chi connectivity index (χ3n) is 15.4. The van der Waals surface area contributed by atoms with Crippen molar-refractivity contribution in [1.29, 1.82) is 0 Å². The molecule has 7 rings (SSSR count). The van der Waals surface area contributed by atoms with Gasteiger partial charge in [0.15, 0.2) is 12.6 Å². The molecule has 19 atom stereocenters. The zero-order valence-electron chi connectivity index (χ0n) is 32.8. The monoisotopic (exact) mass is 780 g/mol. The minimum atomic E-state index is -1.74. The molecular weight excluding hydrogens is 716 g/mol. The fourth-order valence-corrected chi connectivity index (χ4v) is 11.8. The summed E-state index contributed by atoms with van der Waals surface area (Å²) < 4.78 is 30.0. The number of carbonyl (C=O) groups excluding carboxylic acids is 1. The topological polar surface area (TPSA) is 225 Å². The van der Waals surface area contributed by atoms with Crippen molar-refractivity contribution < 1.29 is 69.3 Å². The Hall–Kier alpha value is -1.53. The van der Waals surface area contributed by atoms with Crippen LogP contribution in [0.4, 0.5) is 0 Å². The standard InChI is InChI=1S/C41H64O14/c1-19(2)41(20(3)44)15-11-24(36(50)55-41)26-9-8-25-23-7-6-21-16-22(10-13-39(21,4)27(23)12-14-40(25,26)5)51-38-35(33(48)31(46)29(18-43)53-38)54-37-34(49)32(47)30(45)28(17-42)52-37/h7,12,19-22,24-26,28-35,37-38,42-49H,6,8-11,13-18H2,1-5H3. The van der Waals surface area contributed by atoms with Crippen LogP contribution < -0.4 is 0 Å².